The van der Waals surface area contributed by atoms with Gasteiger partial charge in [-0.05, 0) is 139 Å². The summed E-state index contributed by atoms with van der Waals surface area (Å²) >= 11 is 23.3. The number of ketones is 1. The van der Waals surface area contributed by atoms with Gasteiger partial charge in [-0.25, -0.2) is 4.58 Å². The second kappa shape index (κ2) is 83.8. The molecule has 0 unspecified atom stereocenters. The summed E-state index contributed by atoms with van der Waals surface area (Å²) in [6, 6.07) is 12.0. The van der Waals surface area contributed by atoms with E-state index < -0.39 is 41.8 Å². The quantitative estimate of drug-likeness (QED) is 0.00616. The summed E-state index contributed by atoms with van der Waals surface area (Å²) in [6.45, 7) is 33.2. The van der Waals surface area contributed by atoms with Gasteiger partial charge in [0.25, 0.3) is 16.1 Å². The van der Waals surface area contributed by atoms with Gasteiger partial charge >= 0.3 is 138 Å². The molecule has 2 saturated heterocycles. The number of carbonyl (C=O) groups is 4. The first kappa shape index (κ1) is 145. The Kier molecular flexibility index (Phi) is 103. The van der Waals surface area contributed by atoms with Crippen molar-refractivity contribution in [2.75, 3.05) is 67.8 Å². The number of aromatic nitrogens is 3. The first-order valence-corrected chi connectivity index (χ1v) is 40.1. The number of pyridine rings is 3. The van der Waals surface area contributed by atoms with Gasteiger partial charge in [0, 0.05) is 106 Å². The summed E-state index contributed by atoms with van der Waals surface area (Å²) < 4.78 is 105. The number of hydrogen-bond acceptors (Lipinski definition) is 22. The molecule has 2 aliphatic rings. The van der Waals surface area contributed by atoms with Crippen molar-refractivity contribution in [3.8, 4) is 0 Å². The molecular weight excluding hydrogens is 1720 g/mol. The minimum atomic E-state index is -10.7. The average molecular weight is 1860 g/mol. The van der Waals surface area contributed by atoms with Gasteiger partial charge in [0.2, 0.25) is 0 Å². The first-order chi connectivity index (χ1) is 51.3. The van der Waals surface area contributed by atoms with Crippen molar-refractivity contribution < 1.29 is 208 Å². The summed E-state index contributed by atoms with van der Waals surface area (Å²) in [5, 5.41) is 35.9. The number of halogens is 10. The third kappa shape index (κ3) is 94.2. The van der Waals surface area contributed by atoms with Crippen molar-refractivity contribution in [3.05, 3.63) is 127 Å². The van der Waals surface area contributed by atoms with Gasteiger partial charge < -0.3 is 51.2 Å². The fourth-order valence-electron chi connectivity index (χ4n) is 7.32. The molecule has 0 radical (unpaired) electrons. The fourth-order valence-corrected chi connectivity index (χ4v) is 9.17. The Morgan fingerprint density at radius 3 is 1.25 bits per heavy atom. The predicted octanol–water partition coefficient (Wildman–Crippen LogP) is 14.9. The number of carboxylic acid groups (broad SMARTS) is 2. The summed E-state index contributed by atoms with van der Waals surface area (Å²) in [6.07, 6.45) is 20.8. The normalized spacial score (nSPS) is 12.8. The number of aliphatic carboxylic acids is 2. The van der Waals surface area contributed by atoms with Gasteiger partial charge in [0.15, 0.2) is 6.21 Å². The summed E-state index contributed by atoms with van der Waals surface area (Å²) in [5.74, 6) is -1.21. The molecule has 0 saturated carbocycles. The topological polar surface area (TPSA) is 381 Å². The van der Waals surface area contributed by atoms with Crippen LogP contribution in [0.25, 0.3) is 0 Å². The van der Waals surface area contributed by atoms with E-state index in [-0.39, 0.29) is 179 Å². The minimum absolute atomic E-state index is 0. The Hall–Kier alpha value is -4.09. The number of rotatable bonds is 23. The molecule has 1 aromatic carbocycles. The molecule has 3 aromatic heterocycles. The van der Waals surface area contributed by atoms with Crippen LogP contribution in [0.4, 0.5) is 25.2 Å². The van der Waals surface area contributed by atoms with Crippen LogP contribution < -0.4 is 80.9 Å². The minimum Gasteiger partial charge on any atom is -1.00 e. The van der Waals surface area contributed by atoms with E-state index in [0.717, 1.165) is 91.1 Å². The molecule has 25 nitrogen and oxygen atoms in total. The van der Waals surface area contributed by atoms with Crippen molar-refractivity contribution in [2.45, 2.75) is 240 Å². The van der Waals surface area contributed by atoms with Crippen LogP contribution in [-0.4, -0.2) is 175 Å². The smallest absolute Gasteiger partial charge is 1.00 e. The molecule has 2 aliphatic heterocycles. The molecule has 2 fully saturated rings. The molecule has 4 aromatic rings. The molecule has 0 amide bonds. The maximum atomic E-state index is 12.3. The van der Waals surface area contributed by atoms with E-state index in [0.29, 0.717) is 46.3 Å². The molecule has 5 heterocycles. The molecule has 6 atom stereocenters. The third-order valence-electron chi connectivity index (χ3n) is 14.3. The molecule has 0 bridgehead atoms. The Morgan fingerprint density at radius 1 is 0.644 bits per heavy atom. The fraction of sp³-hybridized carbons (Fsp3) is 0.608. The molecule has 118 heavy (non-hydrogen) atoms. The zero-order valence-electron chi connectivity index (χ0n) is 70.6. The van der Waals surface area contributed by atoms with Crippen LogP contribution in [0.2, 0.25) is 15.1 Å². The Morgan fingerprint density at radius 2 is 0.992 bits per heavy atom. The SMILES string of the molecule is C.C.C.C.C1CCOC1.C1CCOC1.CCC(=O)[C@@H](C)CC.CCOC(=O)C[C-]=O.CC[C@H](C)C(=O)O.CC[C@H](C)c1ncc(Cl)cc1C.CC[C@H](C)c1ncc(Cl)cc1CO.CC[C@H](C)c1ncc(Cl)cc1COS(=O)(=O)c1ccc(C)cc1.CN(C)/C=C(\Cl)C=[N+](C)C.C[C@@H](CO)C(=O)O.F[P-](F)(F)(F)(F)F.O=C=O.O=C=O.[H-].[K+].[Na+].[OH-]. The molecular formula is C79H135Cl4F6KN5NaO20PS-. The molecule has 0 aliphatic carbocycles. The van der Waals surface area contributed by atoms with Crippen LogP contribution in [0.1, 0.15) is 249 Å². The van der Waals surface area contributed by atoms with Gasteiger partial charge in [0.1, 0.15) is 24.9 Å². The predicted molar refractivity (Wildman–Crippen MR) is 450 cm³/mol. The molecule has 5 N–H and O–H groups in total. The molecule has 680 valence electrons. The molecule has 6 rings (SSSR count). The van der Waals surface area contributed by atoms with Crippen molar-refractivity contribution in [1.82, 2.24) is 19.9 Å². The number of esters is 1. The molecule has 39 heteroatoms. The first-order valence-electron chi connectivity index (χ1n) is 35.2. The number of nitrogens with zero attached hydrogens (tertiary/aromatic N) is 5. The maximum absolute atomic E-state index is 12.3. The number of carbonyl (C=O) groups excluding carboxylic acids is 7. The number of hydrogen-bond donors (Lipinski definition) is 4. The number of benzene rings is 1. The van der Waals surface area contributed by atoms with Crippen molar-refractivity contribution in [3.63, 3.8) is 0 Å². The van der Waals surface area contributed by atoms with E-state index in [4.69, 9.17) is 99.7 Å². The largest absolute Gasteiger partial charge is 1.00 e. The van der Waals surface area contributed by atoms with Gasteiger partial charge in [-0.1, -0.05) is 176 Å². The van der Waals surface area contributed by atoms with Crippen LogP contribution >= 0.6 is 54.2 Å². The number of allylic oxidation sites excluding steroid dienone is 1. The summed E-state index contributed by atoms with van der Waals surface area (Å²) in [5.41, 5.74) is 6.65. The number of carboxylic acids is 2. The van der Waals surface area contributed by atoms with E-state index in [1.54, 1.807) is 56.7 Å². The molecule has 0 spiro atoms. The van der Waals surface area contributed by atoms with Gasteiger partial charge in [-0.2, -0.15) is 27.6 Å². The number of Topliss-reactive ketones (excluding diaryl/α,β-unsaturated/α-hetero) is 1. The van der Waals surface area contributed by atoms with E-state index in [1.807, 2.05) is 97.7 Å². The zero-order chi connectivity index (χ0) is 87.8. The number of ether oxygens (including phenoxy) is 3. The summed E-state index contributed by atoms with van der Waals surface area (Å²) in [4.78, 5) is 97.5. The van der Waals surface area contributed by atoms with Crippen LogP contribution in [0.3, 0.4) is 0 Å². The van der Waals surface area contributed by atoms with Crippen LogP contribution in [0.15, 0.2) is 77.2 Å². The van der Waals surface area contributed by atoms with E-state index in [1.165, 1.54) is 62.3 Å². The van der Waals surface area contributed by atoms with Crippen molar-refractivity contribution in [2.24, 2.45) is 17.8 Å². The number of aliphatic hydroxyl groups excluding tert-OH is 2. The zero-order valence-corrected chi connectivity index (χ0v) is 79.4. The van der Waals surface area contributed by atoms with Crippen LogP contribution in [0, 0.1) is 31.6 Å². The Balaban J connectivity index is -0.0000000781. The van der Waals surface area contributed by atoms with Gasteiger partial charge in [-0.15, -0.1) is 0 Å². The van der Waals surface area contributed by atoms with E-state index in [2.05, 4.69) is 61.2 Å². The van der Waals surface area contributed by atoms with Crippen LogP contribution in [0.5, 0.6) is 0 Å². The van der Waals surface area contributed by atoms with Gasteiger partial charge in [-0.3, -0.25) is 44.6 Å². The number of aryl methyl sites for hydroxylation is 2. The monoisotopic (exact) mass is 1850 g/mol. The van der Waals surface area contributed by atoms with Gasteiger partial charge in [0.05, 0.1) is 58.2 Å². The second-order valence-electron chi connectivity index (χ2n) is 24.5. The van der Waals surface area contributed by atoms with Crippen LogP contribution in [-0.2, 0) is 84.9 Å². The van der Waals surface area contributed by atoms with Crippen molar-refractivity contribution >= 4 is 113 Å². The Labute approximate surface area is 785 Å². The van der Waals surface area contributed by atoms with E-state index >= 15 is 0 Å². The Bertz CT molecular complexity index is 3420. The van der Waals surface area contributed by atoms with E-state index in [9.17, 15) is 57.6 Å². The average Bonchev–Trinajstić information content (AvgIpc) is 0.846. The third-order valence-corrected chi connectivity index (χ3v) is 16.4. The van der Waals surface area contributed by atoms with Crippen molar-refractivity contribution in [1.29, 1.82) is 0 Å². The standard InChI is InChI=1S/C17H20ClNO3S.C10H14ClNO.C10H14ClN.C7H14ClN2.C7H14O.C5H7O3.C5H10O2.C4H8O3.2C4H8O.2CO2.4CH4.F6P.K.Na.H2O.H/c1-4-13(3)17-14(9-15(18)10-19-17)11-22-23(20,21)16-7-5-12(2)6-8-16;1-3-7(2)10-8(6-13)4-9(11)5-12-10;1-4-7(2)10-8(3)5-9(11)6-12-10;1-9(2)5-7(8)6-10(3)4;1-4-6(3)7(8)5-2;1-2-8-5(7)3-4-6;1-3-4(2)5(6)7;1-3(2-5)4(6)7;2*1-2-4-5-3-1;2*2-1-3;;;;;1-7(2,3,4,5)6;;;;/h5-10,13H,4,11H2,1-3H3;4-5,7,13H,3,6H2,1-2H3;5-7H,4H2,1-3H3;5-6H,1-4H3;6H,4-5H2,1-3H3;2-3H2,1H3;4H,3H2,1-2H3,(H,6,7);3,5H,2H2,1H3,(H,6,7);2*1-4H2;;;4*1H4;;;;1H2;/q;;;+1;;-1;;;;;;;;;;;-1;2*+1;;-1/p-1/t13-;2*7-;;6-;;4-;3-;;;;;;;;;;;;;/m000.0.00............./s1. The number of aliphatic hydroxyl groups is 2. The maximum Gasteiger partial charge on any atom is 1.00 e. The summed E-state index contributed by atoms with van der Waals surface area (Å²) in [7, 11) is -6.72. The second-order valence-corrected chi connectivity index (χ2v) is 29.8.